The summed E-state index contributed by atoms with van der Waals surface area (Å²) in [6.45, 7) is 4.44. The molecule has 0 bridgehead atoms. The molecule has 2 aliphatic rings. The van der Waals surface area contributed by atoms with E-state index < -0.39 is 0 Å². The Kier molecular flexibility index (Phi) is 4.81. The molecular weight excluding hydrogens is 262 g/mol. The van der Waals surface area contributed by atoms with Gasteiger partial charge in [-0.1, -0.05) is 25.1 Å². The van der Waals surface area contributed by atoms with Crippen molar-refractivity contribution >= 4 is 0 Å². The Balaban J connectivity index is 1.74. The molecule has 0 radical (unpaired) electrons. The van der Waals surface area contributed by atoms with Crippen LogP contribution in [0, 0.1) is 17.8 Å². The molecule has 116 valence electrons. The Morgan fingerprint density at radius 2 is 1.90 bits per heavy atom. The van der Waals surface area contributed by atoms with Gasteiger partial charge in [-0.2, -0.15) is 0 Å². The molecule has 1 N–H and O–H groups in total. The molecule has 2 aliphatic carbocycles. The lowest BCUT2D eigenvalue weighted by molar-refractivity contribution is 0.145. The Morgan fingerprint density at radius 1 is 1.14 bits per heavy atom. The first kappa shape index (κ1) is 14.9. The molecule has 0 aliphatic heterocycles. The summed E-state index contributed by atoms with van der Waals surface area (Å²) in [5, 5.41) is 3.70. The summed E-state index contributed by atoms with van der Waals surface area (Å²) < 4.78 is 11.0. The second-order valence-electron chi connectivity index (χ2n) is 6.40. The Morgan fingerprint density at radius 3 is 2.62 bits per heavy atom. The van der Waals surface area contributed by atoms with Gasteiger partial charge in [-0.15, -0.1) is 0 Å². The Hall–Kier alpha value is -1.06. The lowest BCUT2D eigenvalue weighted by atomic mass is 9.88. The topological polar surface area (TPSA) is 30.5 Å². The van der Waals surface area contributed by atoms with Crippen molar-refractivity contribution in [1.29, 1.82) is 0 Å². The van der Waals surface area contributed by atoms with Gasteiger partial charge < -0.3 is 14.8 Å². The third-order valence-electron chi connectivity index (χ3n) is 4.97. The van der Waals surface area contributed by atoms with E-state index >= 15 is 0 Å². The first-order chi connectivity index (χ1) is 10.3. The number of hydrogen-bond acceptors (Lipinski definition) is 3. The predicted molar refractivity (Wildman–Crippen MR) is 84.6 cm³/mol. The van der Waals surface area contributed by atoms with Crippen LogP contribution in [0.2, 0.25) is 0 Å². The second kappa shape index (κ2) is 6.80. The third-order valence-corrected chi connectivity index (χ3v) is 4.97. The Labute approximate surface area is 128 Å². The number of hydrogen-bond donors (Lipinski definition) is 1. The highest BCUT2D eigenvalue weighted by Gasteiger charge is 2.48. The van der Waals surface area contributed by atoms with Gasteiger partial charge in [0.2, 0.25) is 0 Å². The fraction of sp³-hybridized carbons (Fsp3) is 0.667. The van der Waals surface area contributed by atoms with Gasteiger partial charge in [0.05, 0.1) is 6.61 Å². The zero-order chi connectivity index (χ0) is 14.7. The number of methoxy groups -OCH3 is 1. The van der Waals surface area contributed by atoms with Crippen LogP contribution < -0.4 is 10.1 Å². The molecule has 1 aromatic rings. The molecule has 3 rings (SSSR count). The molecule has 0 spiro atoms. The fourth-order valence-corrected chi connectivity index (χ4v) is 3.89. The smallest absolute Gasteiger partial charge is 0.124 e. The van der Waals surface area contributed by atoms with E-state index in [9.17, 15) is 0 Å². The second-order valence-corrected chi connectivity index (χ2v) is 6.40. The summed E-state index contributed by atoms with van der Waals surface area (Å²) in [7, 11) is 1.71. The van der Waals surface area contributed by atoms with Crippen molar-refractivity contribution in [2.24, 2.45) is 17.8 Å². The minimum Gasteiger partial charge on any atom is -0.491 e. The Bertz CT molecular complexity index is 452. The van der Waals surface area contributed by atoms with Crippen LogP contribution in [0.25, 0.3) is 0 Å². The van der Waals surface area contributed by atoms with Gasteiger partial charge in [0.15, 0.2) is 0 Å². The molecule has 3 atom stereocenters. The van der Waals surface area contributed by atoms with E-state index in [1.165, 1.54) is 24.8 Å². The van der Waals surface area contributed by atoms with Gasteiger partial charge in [0.1, 0.15) is 12.4 Å². The van der Waals surface area contributed by atoms with E-state index in [2.05, 4.69) is 36.5 Å². The first-order valence-electron chi connectivity index (χ1n) is 8.27. The van der Waals surface area contributed by atoms with Crippen LogP contribution in [0.3, 0.4) is 0 Å². The molecule has 3 nitrogen and oxygen atoms in total. The van der Waals surface area contributed by atoms with Crippen molar-refractivity contribution in [3.63, 3.8) is 0 Å². The summed E-state index contributed by atoms with van der Waals surface area (Å²) in [6.07, 6.45) is 4.24. The molecule has 21 heavy (non-hydrogen) atoms. The lowest BCUT2D eigenvalue weighted by Gasteiger charge is -2.27. The molecule has 1 aromatic carbocycles. The van der Waals surface area contributed by atoms with Gasteiger partial charge in [0, 0.05) is 18.7 Å². The first-order valence-corrected chi connectivity index (χ1v) is 8.27. The highest BCUT2D eigenvalue weighted by atomic mass is 16.5. The largest absolute Gasteiger partial charge is 0.491 e. The average Bonchev–Trinajstić information content (AvgIpc) is 3.12. The fourth-order valence-electron chi connectivity index (χ4n) is 3.89. The standard InChI is InChI=1S/C18H27NO2/c1-3-19-18(15-11-13-10-14(13)12-15)16-6-4-5-7-17(16)21-9-8-20-2/h4-7,13-15,18-19H,3,8-12H2,1-2H3. The van der Waals surface area contributed by atoms with Crippen molar-refractivity contribution in [3.05, 3.63) is 29.8 Å². The number of para-hydroxylation sites is 1. The zero-order valence-electron chi connectivity index (χ0n) is 13.2. The number of ether oxygens (including phenoxy) is 2. The number of benzene rings is 1. The minimum absolute atomic E-state index is 0.432. The average molecular weight is 289 g/mol. The van der Waals surface area contributed by atoms with Crippen LogP contribution in [0.1, 0.15) is 37.8 Å². The van der Waals surface area contributed by atoms with Crippen molar-refractivity contribution in [2.75, 3.05) is 26.9 Å². The van der Waals surface area contributed by atoms with E-state index in [1.54, 1.807) is 7.11 Å². The van der Waals surface area contributed by atoms with Crippen LogP contribution in [-0.4, -0.2) is 26.9 Å². The summed E-state index contributed by atoms with van der Waals surface area (Å²) in [6, 6.07) is 8.92. The normalized spacial score (nSPS) is 28.2. The van der Waals surface area contributed by atoms with Crippen LogP contribution >= 0.6 is 0 Å². The quantitative estimate of drug-likeness (QED) is 0.744. The van der Waals surface area contributed by atoms with Gasteiger partial charge in [-0.25, -0.2) is 0 Å². The molecule has 0 saturated heterocycles. The monoisotopic (exact) mass is 289 g/mol. The molecule has 0 amide bonds. The maximum Gasteiger partial charge on any atom is 0.124 e. The van der Waals surface area contributed by atoms with E-state index in [0.29, 0.717) is 19.3 Å². The zero-order valence-corrected chi connectivity index (χ0v) is 13.2. The number of nitrogens with one attached hydrogen (secondary N) is 1. The van der Waals surface area contributed by atoms with Crippen LogP contribution in [0.15, 0.2) is 24.3 Å². The molecule has 2 fully saturated rings. The maximum absolute atomic E-state index is 5.94. The highest BCUT2D eigenvalue weighted by Crippen LogP contribution is 2.57. The van der Waals surface area contributed by atoms with Crippen molar-refractivity contribution in [3.8, 4) is 5.75 Å². The third kappa shape index (κ3) is 3.41. The van der Waals surface area contributed by atoms with E-state index in [-0.39, 0.29) is 0 Å². The van der Waals surface area contributed by atoms with E-state index in [1.807, 2.05) is 0 Å². The van der Waals surface area contributed by atoms with Gasteiger partial charge >= 0.3 is 0 Å². The number of fused-ring (bicyclic) bond motifs is 1. The van der Waals surface area contributed by atoms with Crippen molar-refractivity contribution in [2.45, 2.75) is 32.2 Å². The van der Waals surface area contributed by atoms with Crippen molar-refractivity contribution < 1.29 is 9.47 Å². The van der Waals surface area contributed by atoms with Gasteiger partial charge in [-0.05, 0) is 49.6 Å². The molecule has 2 saturated carbocycles. The van der Waals surface area contributed by atoms with Gasteiger partial charge in [-0.3, -0.25) is 0 Å². The van der Waals surface area contributed by atoms with Crippen LogP contribution in [-0.2, 0) is 4.74 Å². The molecular formula is C18H27NO2. The van der Waals surface area contributed by atoms with Crippen LogP contribution in [0.4, 0.5) is 0 Å². The molecule has 0 heterocycles. The molecule has 3 heteroatoms. The lowest BCUT2D eigenvalue weighted by Crippen LogP contribution is -2.28. The van der Waals surface area contributed by atoms with E-state index in [4.69, 9.17) is 9.47 Å². The van der Waals surface area contributed by atoms with Crippen LogP contribution in [0.5, 0.6) is 5.75 Å². The summed E-state index contributed by atoms with van der Waals surface area (Å²) in [4.78, 5) is 0. The molecule has 0 aromatic heterocycles. The maximum atomic E-state index is 5.94. The van der Waals surface area contributed by atoms with Gasteiger partial charge in [0.25, 0.3) is 0 Å². The van der Waals surface area contributed by atoms with E-state index in [0.717, 1.165) is 30.0 Å². The molecule has 3 unspecified atom stereocenters. The predicted octanol–water partition coefficient (Wildman–Crippen LogP) is 3.41. The minimum atomic E-state index is 0.432. The highest BCUT2D eigenvalue weighted by molar-refractivity contribution is 5.36. The number of rotatable bonds is 8. The summed E-state index contributed by atoms with van der Waals surface area (Å²) >= 11 is 0. The summed E-state index contributed by atoms with van der Waals surface area (Å²) in [5.74, 6) is 3.80. The van der Waals surface area contributed by atoms with Crippen molar-refractivity contribution in [1.82, 2.24) is 5.32 Å². The summed E-state index contributed by atoms with van der Waals surface area (Å²) in [5.41, 5.74) is 1.32. The SMILES string of the molecule is CCNC(c1ccccc1OCCOC)C1CC2CC2C1.